The molecule has 2 rings (SSSR count). The summed E-state index contributed by atoms with van der Waals surface area (Å²) >= 11 is 1.99. The molecule has 1 aromatic rings. The molecule has 0 radical (unpaired) electrons. The minimum atomic E-state index is 0.249. The van der Waals surface area contributed by atoms with Gasteiger partial charge in [-0.1, -0.05) is 32.9 Å². The SMILES string of the molecule is CC(C)(C)c1ccc(SC2CCC(N)C2)cc1. The van der Waals surface area contributed by atoms with Crippen molar-refractivity contribution in [1.82, 2.24) is 0 Å². The van der Waals surface area contributed by atoms with Crippen molar-refractivity contribution in [2.75, 3.05) is 0 Å². The number of nitrogens with two attached hydrogens (primary N) is 1. The monoisotopic (exact) mass is 249 g/mol. The summed E-state index contributed by atoms with van der Waals surface area (Å²) in [5.41, 5.74) is 7.60. The van der Waals surface area contributed by atoms with E-state index in [1.807, 2.05) is 11.8 Å². The van der Waals surface area contributed by atoms with Gasteiger partial charge in [0.15, 0.2) is 0 Å². The van der Waals surface area contributed by atoms with Gasteiger partial charge in [-0.3, -0.25) is 0 Å². The topological polar surface area (TPSA) is 26.0 Å². The van der Waals surface area contributed by atoms with E-state index >= 15 is 0 Å². The van der Waals surface area contributed by atoms with Gasteiger partial charge in [0, 0.05) is 16.2 Å². The van der Waals surface area contributed by atoms with Crippen LogP contribution in [0, 0.1) is 0 Å². The van der Waals surface area contributed by atoms with Crippen LogP contribution in [0.5, 0.6) is 0 Å². The zero-order valence-corrected chi connectivity index (χ0v) is 11.9. The quantitative estimate of drug-likeness (QED) is 0.858. The van der Waals surface area contributed by atoms with Crippen LogP contribution in [-0.2, 0) is 5.41 Å². The highest BCUT2D eigenvalue weighted by Gasteiger charge is 2.22. The second-order valence-corrected chi connectivity index (χ2v) is 7.46. The fourth-order valence-corrected chi connectivity index (χ4v) is 3.58. The smallest absolute Gasteiger partial charge is 0.0110 e. The second-order valence-electron chi connectivity index (χ2n) is 6.09. The second kappa shape index (κ2) is 5.03. The van der Waals surface area contributed by atoms with E-state index in [2.05, 4.69) is 45.0 Å². The lowest BCUT2D eigenvalue weighted by atomic mass is 9.87. The van der Waals surface area contributed by atoms with Crippen molar-refractivity contribution in [3.63, 3.8) is 0 Å². The fourth-order valence-electron chi connectivity index (χ4n) is 2.31. The van der Waals surface area contributed by atoms with E-state index in [4.69, 9.17) is 5.73 Å². The van der Waals surface area contributed by atoms with Crippen LogP contribution in [-0.4, -0.2) is 11.3 Å². The Morgan fingerprint density at radius 1 is 1.12 bits per heavy atom. The van der Waals surface area contributed by atoms with Gasteiger partial charge in [0.25, 0.3) is 0 Å². The van der Waals surface area contributed by atoms with E-state index < -0.39 is 0 Å². The van der Waals surface area contributed by atoms with Crippen molar-refractivity contribution in [2.45, 2.75) is 61.6 Å². The molecule has 2 heteroatoms. The average molecular weight is 249 g/mol. The first-order valence-corrected chi connectivity index (χ1v) is 7.36. The van der Waals surface area contributed by atoms with Crippen LogP contribution in [0.1, 0.15) is 45.6 Å². The first-order valence-electron chi connectivity index (χ1n) is 6.48. The maximum absolute atomic E-state index is 5.95. The van der Waals surface area contributed by atoms with Gasteiger partial charge in [0.2, 0.25) is 0 Å². The van der Waals surface area contributed by atoms with Crippen LogP contribution < -0.4 is 5.73 Å². The molecule has 0 aliphatic heterocycles. The summed E-state index contributed by atoms with van der Waals surface area (Å²) in [7, 11) is 0. The Morgan fingerprint density at radius 2 is 1.76 bits per heavy atom. The molecule has 1 nitrogen and oxygen atoms in total. The zero-order valence-electron chi connectivity index (χ0n) is 11.1. The number of rotatable bonds is 2. The molecule has 1 saturated carbocycles. The molecule has 2 unspecified atom stereocenters. The molecule has 0 saturated heterocycles. The Hall–Kier alpha value is -0.470. The fraction of sp³-hybridized carbons (Fsp3) is 0.600. The van der Waals surface area contributed by atoms with E-state index in [1.165, 1.54) is 29.7 Å². The van der Waals surface area contributed by atoms with Gasteiger partial charge in [-0.25, -0.2) is 0 Å². The lowest BCUT2D eigenvalue weighted by Crippen LogP contribution is -2.15. The van der Waals surface area contributed by atoms with Crippen molar-refractivity contribution in [1.29, 1.82) is 0 Å². The average Bonchev–Trinajstić information content (AvgIpc) is 2.63. The molecule has 0 amide bonds. The van der Waals surface area contributed by atoms with Crippen LogP contribution in [0.15, 0.2) is 29.2 Å². The van der Waals surface area contributed by atoms with E-state index in [0.29, 0.717) is 6.04 Å². The normalized spacial score (nSPS) is 25.2. The van der Waals surface area contributed by atoms with Gasteiger partial charge in [-0.15, -0.1) is 11.8 Å². The highest BCUT2D eigenvalue weighted by molar-refractivity contribution is 8.00. The highest BCUT2D eigenvalue weighted by Crippen LogP contribution is 2.35. The Kier molecular flexibility index (Phi) is 3.84. The summed E-state index contributed by atoms with van der Waals surface area (Å²) in [5, 5.41) is 0.727. The first kappa shape index (κ1) is 13.0. The van der Waals surface area contributed by atoms with E-state index in [0.717, 1.165) is 5.25 Å². The molecule has 2 atom stereocenters. The summed E-state index contributed by atoms with van der Waals surface area (Å²) in [6, 6.07) is 9.47. The predicted octanol–water partition coefficient (Wildman–Crippen LogP) is 3.96. The molecule has 0 bridgehead atoms. The van der Waals surface area contributed by atoms with Crippen LogP contribution in [0.4, 0.5) is 0 Å². The molecule has 0 heterocycles. The molecule has 0 aromatic heterocycles. The van der Waals surface area contributed by atoms with Gasteiger partial charge in [0.1, 0.15) is 0 Å². The minimum Gasteiger partial charge on any atom is -0.328 e. The Bertz CT molecular complexity index is 364. The maximum Gasteiger partial charge on any atom is 0.0110 e. The molecule has 94 valence electrons. The zero-order chi connectivity index (χ0) is 12.5. The van der Waals surface area contributed by atoms with Crippen molar-refractivity contribution >= 4 is 11.8 Å². The summed E-state index contributed by atoms with van der Waals surface area (Å²) in [4.78, 5) is 1.39. The van der Waals surface area contributed by atoms with Crippen molar-refractivity contribution in [2.24, 2.45) is 5.73 Å². The Labute approximate surface area is 109 Å². The van der Waals surface area contributed by atoms with Gasteiger partial charge < -0.3 is 5.73 Å². The highest BCUT2D eigenvalue weighted by atomic mass is 32.2. The molecule has 1 aliphatic carbocycles. The Morgan fingerprint density at radius 3 is 2.24 bits per heavy atom. The third-order valence-corrected chi connectivity index (χ3v) is 4.75. The maximum atomic E-state index is 5.95. The molecular formula is C15H23NS. The van der Waals surface area contributed by atoms with Crippen LogP contribution in [0.2, 0.25) is 0 Å². The first-order chi connectivity index (χ1) is 7.95. The molecule has 0 spiro atoms. The molecule has 17 heavy (non-hydrogen) atoms. The summed E-state index contributed by atoms with van der Waals surface area (Å²) in [6.45, 7) is 6.77. The van der Waals surface area contributed by atoms with Gasteiger partial charge in [-0.2, -0.15) is 0 Å². The van der Waals surface area contributed by atoms with Gasteiger partial charge >= 0.3 is 0 Å². The van der Waals surface area contributed by atoms with Crippen molar-refractivity contribution in [3.05, 3.63) is 29.8 Å². The largest absolute Gasteiger partial charge is 0.328 e. The third-order valence-electron chi connectivity index (χ3n) is 3.45. The summed E-state index contributed by atoms with van der Waals surface area (Å²) < 4.78 is 0. The lowest BCUT2D eigenvalue weighted by Gasteiger charge is -2.19. The standard InChI is InChI=1S/C15H23NS/c1-15(2,3)11-4-7-13(8-5-11)17-14-9-6-12(16)10-14/h4-5,7-8,12,14H,6,9-10,16H2,1-3H3. The number of hydrogen-bond acceptors (Lipinski definition) is 2. The van der Waals surface area contributed by atoms with Crippen molar-refractivity contribution < 1.29 is 0 Å². The lowest BCUT2D eigenvalue weighted by molar-refractivity contribution is 0.590. The van der Waals surface area contributed by atoms with Crippen molar-refractivity contribution in [3.8, 4) is 0 Å². The van der Waals surface area contributed by atoms with Crippen LogP contribution in [0.25, 0.3) is 0 Å². The van der Waals surface area contributed by atoms with Gasteiger partial charge in [-0.05, 0) is 42.4 Å². The molecular weight excluding hydrogens is 226 g/mol. The summed E-state index contributed by atoms with van der Waals surface area (Å²) in [5.74, 6) is 0. The third kappa shape index (κ3) is 3.49. The minimum absolute atomic E-state index is 0.249. The molecule has 1 fully saturated rings. The van der Waals surface area contributed by atoms with E-state index in [-0.39, 0.29) is 5.41 Å². The molecule has 2 N–H and O–H groups in total. The molecule has 1 aromatic carbocycles. The van der Waals surface area contributed by atoms with Crippen LogP contribution in [0.3, 0.4) is 0 Å². The van der Waals surface area contributed by atoms with Gasteiger partial charge in [0.05, 0.1) is 0 Å². The number of hydrogen-bond donors (Lipinski definition) is 1. The molecule has 1 aliphatic rings. The van der Waals surface area contributed by atoms with E-state index in [9.17, 15) is 0 Å². The Balaban J connectivity index is 1.99. The predicted molar refractivity (Wildman–Crippen MR) is 76.6 cm³/mol. The summed E-state index contributed by atoms with van der Waals surface area (Å²) in [6.07, 6.45) is 3.64. The van der Waals surface area contributed by atoms with Crippen LogP contribution >= 0.6 is 11.8 Å². The number of thioether (sulfide) groups is 1. The number of benzene rings is 1. The van der Waals surface area contributed by atoms with E-state index in [1.54, 1.807) is 0 Å².